The lowest BCUT2D eigenvalue weighted by atomic mass is 9.95. The molecule has 0 saturated heterocycles. The van der Waals surface area contributed by atoms with Crippen molar-refractivity contribution in [3.63, 3.8) is 0 Å². The number of thiazole rings is 1. The lowest BCUT2D eigenvalue weighted by Gasteiger charge is -2.27. The van der Waals surface area contributed by atoms with Crippen molar-refractivity contribution >= 4 is 28.8 Å². The molecule has 0 atom stereocenters. The van der Waals surface area contributed by atoms with E-state index >= 15 is 0 Å². The molecule has 1 amide bonds. The molecule has 0 unspecified atom stereocenters. The fourth-order valence-corrected chi connectivity index (χ4v) is 6.07. The van der Waals surface area contributed by atoms with Crippen molar-refractivity contribution in [1.82, 2.24) is 14.5 Å². The molecule has 4 aromatic rings. The second-order valence-corrected chi connectivity index (χ2v) is 11.0. The summed E-state index contributed by atoms with van der Waals surface area (Å²) >= 11 is 7.81. The number of hydrogen-bond donors (Lipinski definition) is 0. The van der Waals surface area contributed by atoms with Gasteiger partial charge in [-0.3, -0.25) is 4.79 Å². The number of amides is 1. The maximum atomic E-state index is 13.6. The Bertz CT molecular complexity index is 1360. The predicted molar refractivity (Wildman–Crippen MR) is 150 cm³/mol. The molecule has 0 spiro atoms. The van der Waals surface area contributed by atoms with Crippen LogP contribution in [0.3, 0.4) is 0 Å². The maximum absolute atomic E-state index is 13.6. The first-order chi connectivity index (χ1) is 18.0. The molecule has 0 aliphatic heterocycles. The van der Waals surface area contributed by atoms with Crippen LogP contribution in [0.1, 0.15) is 64.8 Å². The van der Waals surface area contributed by atoms with Gasteiger partial charge in [0.1, 0.15) is 17.4 Å². The normalized spacial score (nSPS) is 14.0. The minimum absolute atomic E-state index is 0.0367. The van der Waals surface area contributed by atoms with Crippen LogP contribution in [0.4, 0.5) is 0 Å². The number of benzene rings is 2. The molecule has 7 heteroatoms. The van der Waals surface area contributed by atoms with Crippen LogP contribution in [0, 0.1) is 6.92 Å². The monoisotopic (exact) mass is 533 g/mol. The van der Waals surface area contributed by atoms with E-state index in [9.17, 15) is 4.79 Å². The van der Waals surface area contributed by atoms with Gasteiger partial charge in [0.15, 0.2) is 0 Å². The highest BCUT2D eigenvalue weighted by Crippen LogP contribution is 2.37. The second kappa shape index (κ2) is 11.5. The minimum Gasteiger partial charge on any atom is -0.485 e. The van der Waals surface area contributed by atoms with E-state index in [0.717, 1.165) is 46.1 Å². The maximum Gasteiger partial charge on any atom is 0.255 e. The van der Waals surface area contributed by atoms with Gasteiger partial charge < -0.3 is 14.2 Å². The molecule has 5 nitrogen and oxygen atoms in total. The van der Waals surface area contributed by atoms with E-state index < -0.39 is 0 Å². The summed E-state index contributed by atoms with van der Waals surface area (Å²) in [5.41, 5.74) is 4.79. The number of carbonyl (C=O) groups excluding carboxylic acids is 1. The van der Waals surface area contributed by atoms with Crippen LogP contribution < -0.4 is 4.74 Å². The highest BCUT2D eigenvalue weighted by atomic mass is 35.5. The first kappa shape index (κ1) is 25.6. The number of rotatable bonds is 8. The van der Waals surface area contributed by atoms with E-state index in [-0.39, 0.29) is 5.91 Å². The summed E-state index contributed by atoms with van der Waals surface area (Å²) < 4.78 is 8.29. The average Bonchev–Trinajstić information content (AvgIpc) is 3.53. The SMILES string of the molecule is Cc1c(C(=O)N(C)Cc2ccccc2)cc(-c2csc(COc3ccccc3Cl)n2)n1C1CCCCC1. The average molecular weight is 534 g/mol. The Morgan fingerprint density at radius 2 is 1.84 bits per heavy atom. The highest BCUT2D eigenvalue weighted by molar-refractivity contribution is 7.09. The molecule has 0 bridgehead atoms. The summed E-state index contributed by atoms with van der Waals surface area (Å²) in [6.07, 6.45) is 5.96. The number of halogens is 1. The van der Waals surface area contributed by atoms with Crippen LogP contribution in [0.2, 0.25) is 5.02 Å². The quantitative estimate of drug-likeness (QED) is 0.231. The van der Waals surface area contributed by atoms with E-state index in [2.05, 4.69) is 29.0 Å². The van der Waals surface area contributed by atoms with Gasteiger partial charge >= 0.3 is 0 Å². The number of ether oxygens (including phenoxy) is 1. The molecule has 1 saturated carbocycles. The summed E-state index contributed by atoms with van der Waals surface area (Å²) in [5, 5.41) is 3.53. The molecule has 37 heavy (non-hydrogen) atoms. The summed E-state index contributed by atoms with van der Waals surface area (Å²) in [4.78, 5) is 20.3. The Kier molecular flexibility index (Phi) is 7.96. The van der Waals surface area contributed by atoms with Crippen molar-refractivity contribution in [1.29, 1.82) is 0 Å². The summed E-state index contributed by atoms with van der Waals surface area (Å²) in [7, 11) is 1.87. The van der Waals surface area contributed by atoms with Crippen molar-refractivity contribution in [3.8, 4) is 17.1 Å². The van der Waals surface area contributed by atoms with Gasteiger partial charge in [0.25, 0.3) is 5.91 Å². The van der Waals surface area contributed by atoms with Crippen LogP contribution >= 0.6 is 22.9 Å². The molecule has 2 aromatic carbocycles. The van der Waals surface area contributed by atoms with Crippen LogP contribution in [0.15, 0.2) is 66.0 Å². The Labute approximate surface area is 227 Å². The molecule has 1 aliphatic carbocycles. The molecule has 0 N–H and O–H groups in total. The second-order valence-electron chi connectivity index (χ2n) is 9.68. The van der Waals surface area contributed by atoms with E-state index in [1.165, 1.54) is 19.3 Å². The molecular weight excluding hydrogens is 502 g/mol. The van der Waals surface area contributed by atoms with E-state index in [0.29, 0.717) is 30.0 Å². The zero-order valence-electron chi connectivity index (χ0n) is 21.3. The molecule has 5 rings (SSSR count). The Morgan fingerprint density at radius 1 is 1.11 bits per heavy atom. The Morgan fingerprint density at radius 3 is 2.59 bits per heavy atom. The lowest BCUT2D eigenvalue weighted by molar-refractivity contribution is 0.0784. The number of aromatic nitrogens is 2. The van der Waals surface area contributed by atoms with Crippen molar-refractivity contribution < 1.29 is 9.53 Å². The molecule has 2 heterocycles. The molecule has 192 valence electrons. The zero-order chi connectivity index (χ0) is 25.8. The van der Waals surface area contributed by atoms with Gasteiger partial charge in [-0.15, -0.1) is 11.3 Å². The minimum atomic E-state index is 0.0367. The van der Waals surface area contributed by atoms with Crippen molar-refractivity contribution in [2.75, 3.05) is 7.05 Å². The largest absolute Gasteiger partial charge is 0.485 e. The Balaban J connectivity index is 1.43. The standard InChI is InChI=1S/C30H32ClN3O2S/c1-21-24(30(35)33(2)18-22-11-5-3-6-12-22)17-27(34(21)23-13-7-4-8-14-23)26-20-37-29(32-26)19-36-28-16-10-9-15-25(28)31/h3,5-6,9-12,15-17,20,23H,4,7-8,13-14,18-19H2,1-2H3. The van der Waals surface area contributed by atoms with E-state index in [4.69, 9.17) is 21.3 Å². The van der Waals surface area contributed by atoms with Crippen LogP contribution in [0.25, 0.3) is 11.4 Å². The number of hydrogen-bond acceptors (Lipinski definition) is 4. The topological polar surface area (TPSA) is 47.4 Å². The number of carbonyl (C=O) groups is 1. The van der Waals surface area contributed by atoms with Crippen molar-refractivity contribution in [2.45, 2.75) is 58.2 Å². The summed E-state index contributed by atoms with van der Waals surface area (Å²) in [5.74, 6) is 0.686. The molecular formula is C30H32ClN3O2S. The highest BCUT2D eigenvalue weighted by Gasteiger charge is 2.27. The van der Waals surface area contributed by atoms with Crippen LogP contribution in [0.5, 0.6) is 5.75 Å². The predicted octanol–water partition coefficient (Wildman–Crippen LogP) is 7.93. The molecule has 2 aromatic heterocycles. The molecule has 1 fully saturated rings. The third kappa shape index (κ3) is 5.76. The third-order valence-corrected chi connectivity index (χ3v) is 8.21. The van der Waals surface area contributed by atoms with E-state index in [1.54, 1.807) is 16.2 Å². The van der Waals surface area contributed by atoms with Crippen molar-refractivity contribution in [3.05, 3.63) is 92.9 Å². The zero-order valence-corrected chi connectivity index (χ0v) is 22.9. The first-order valence-corrected chi connectivity index (χ1v) is 14.1. The van der Waals surface area contributed by atoms with Gasteiger partial charge in [-0.05, 0) is 43.5 Å². The van der Waals surface area contributed by atoms with E-state index in [1.807, 2.05) is 55.6 Å². The Hall–Kier alpha value is -3.09. The van der Waals surface area contributed by atoms with Crippen LogP contribution in [-0.2, 0) is 13.2 Å². The lowest BCUT2D eigenvalue weighted by Crippen LogP contribution is -2.26. The van der Waals surface area contributed by atoms with Crippen molar-refractivity contribution in [2.24, 2.45) is 0 Å². The molecule has 1 aliphatic rings. The summed E-state index contributed by atoms with van der Waals surface area (Å²) in [6.45, 7) is 3.00. The van der Waals surface area contributed by atoms with Gasteiger partial charge in [0.05, 0.1) is 22.0 Å². The summed E-state index contributed by atoms with van der Waals surface area (Å²) in [6, 6.07) is 20.0. The fraction of sp³-hybridized carbons (Fsp3) is 0.333. The molecule has 0 radical (unpaired) electrons. The smallest absolute Gasteiger partial charge is 0.255 e. The number of para-hydroxylation sites is 1. The van der Waals surface area contributed by atoms with Gasteiger partial charge in [0, 0.05) is 30.7 Å². The van der Waals surface area contributed by atoms with Gasteiger partial charge in [0.2, 0.25) is 0 Å². The van der Waals surface area contributed by atoms with Gasteiger partial charge in [-0.2, -0.15) is 0 Å². The first-order valence-electron chi connectivity index (χ1n) is 12.8. The van der Waals surface area contributed by atoms with Crippen LogP contribution in [-0.4, -0.2) is 27.4 Å². The number of nitrogens with zero attached hydrogens (tertiary/aromatic N) is 3. The third-order valence-electron chi connectivity index (χ3n) is 7.07. The fourth-order valence-electron chi connectivity index (χ4n) is 5.18. The van der Waals surface area contributed by atoms with Gasteiger partial charge in [-0.1, -0.05) is 73.3 Å². The van der Waals surface area contributed by atoms with Gasteiger partial charge in [-0.25, -0.2) is 4.98 Å².